The van der Waals surface area contributed by atoms with Gasteiger partial charge in [0.25, 0.3) is 0 Å². The van der Waals surface area contributed by atoms with E-state index in [2.05, 4.69) is 19.1 Å². The topological polar surface area (TPSA) is 276 Å². The number of aliphatic carboxylic acids is 5. The molecule has 0 aromatic rings. The molecular formula is C51H82O16. The van der Waals surface area contributed by atoms with Gasteiger partial charge in [-0.25, -0.2) is 0 Å². The van der Waals surface area contributed by atoms with Crippen LogP contribution in [0.5, 0.6) is 0 Å². The predicted octanol–water partition coefficient (Wildman–Crippen LogP) is 9.31. The van der Waals surface area contributed by atoms with Crippen molar-refractivity contribution in [3.05, 3.63) is 35.5 Å². The summed E-state index contributed by atoms with van der Waals surface area (Å²) in [5.74, 6) is -11.5. The molecule has 0 saturated heterocycles. The minimum Gasteiger partial charge on any atom is -0.481 e. The molecule has 0 saturated carbocycles. The Labute approximate surface area is 397 Å². The van der Waals surface area contributed by atoms with Crippen molar-refractivity contribution >= 4 is 47.6 Å². The standard InChI is InChI=1S/C51H82O16/c1-10-39(26-37(8)49(60)61)43(52)22-18-32(3)23-33(4)24-34(5)25-36(7)48(59)35(6)19-21-42(67-47(58)30-41(51(64)65)28-45(55)56)16-14-12-11-13-15-31(2)17-20-38(9)66-46(57)29-40(50(62)63)27-44(53)54/h13,15,23,25,31,33,35-42,48,59H,10-12,14,16-22,24,26-30H2,1-9H3,(H,53,54)(H,55,56)(H,60,61)(H,62,63)(H,64,65). The summed E-state index contributed by atoms with van der Waals surface area (Å²) in [7, 11) is 0. The molecule has 0 radical (unpaired) electrons. The van der Waals surface area contributed by atoms with Gasteiger partial charge in [0.1, 0.15) is 11.9 Å². The molecule has 0 fully saturated rings. The molecule has 0 rings (SSSR count). The maximum absolute atomic E-state index is 12.9. The molecule has 67 heavy (non-hydrogen) atoms. The third-order valence-corrected chi connectivity index (χ3v) is 12.2. The molecule has 0 spiro atoms. The molecule has 0 aromatic carbocycles. The summed E-state index contributed by atoms with van der Waals surface area (Å²) >= 11 is 0. The molecule has 0 heterocycles. The first-order valence-electron chi connectivity index (χ1n) is 24.0. The first kappa shape index (κ1) is 62.1. The Hall–Kier alpha value is -4.86. The fourth-order valence-corrected chi connectivity index (χ4v) is 8.17. The van der Waals surface area contributed by atoms with Crippen molar-refractivity contribution in [2.45, 2.75) is 190 Å². The molecule has 0 aliphatic rings. The normalized spacial score (nSPS) is 17.2. The summed E-state index contributed by atoms with van der Waals surface area (Å²) in [6, 6.07) is 0. The highest BCUT2D eigenvalue weighted by atomic mass is 16.5. The van der Waals surface area contributed by atoms with Gasteiger partial charge < -0.3 is 40.1 Å². The van der Waals surface area contributed by atoms with Crippen LogP contribution in [-0.4, -0.2) is 96.5 Å². The zero-order valence-corrected chi connectivity index (χ0v) is 41.4. The molecule has 382 valence electrons. The van der Waals surface area contributed by atoms with Gasteiger partial charge in [-0.2, -0.15) is 0 Å². The van der Waals surface area contributed by atoms with Crippen molar-refractivity contribution in [3.8, 4) is 0 Å². The lowest BCUT2D eigenvalue weighted by molar-refractivity contribution is -0.157. The lowest BCUT2D eigenvalue weighted by atomic mass is 9.86. The second-order valence-electron chi connectivity index (χ2n) is 19.0. The lowest BCUT2D eigenvalue weighted by Gasteiger charge is -2.26. The highest BCUT2D eigenvalue weighted by Crippen LogP contribution is 2.27. The second kappa shape index (κ2) is 33.6. The Morgan fingerprint density at radius 3 is 1.66 bits per heavy atom. The van der Waals surface area contributed by atoms with Crippen molar-refractivity contribution in [2.24, 2.45) is 47.3 Å². The second-order valence-corrected chi connectivity index (χ2v) is 19.0. The van der Waals surface area contributed by atoms with E-state index in [0.29, 0.717) is 64.2 Å². The fourth-order valence-electron chi connectivity index (χ4n) is 8.17. The molecule has 0 aliphatic heterocycles. The molecule has 0 amide bonds. The number of carboxylic acids is 5. The SMILES string of the molecule is CCC(CC(C)C(=O)O)C(=O)CCC(C)=CC(C)CC(C)=CC(C)C(O)C(C)CCC(CCCCC=CC(C)CCC(C)OC(=O)CC(CC(=O)O)C(=O)O)OC(=O)CC(CC(=O)O)C(=O)O. The molecular weight excluding hydrogens is 869 g/mol. The largest absolute Gasteiger partial charge is 0.481 e. The fraction of sp³-hybridized carbons (Fsp3) is 0.725. The minimum atomic E-state index is -1.43. The average Bonchev–Trinajstić information content (AvgIpc) is 3.22. The van der Waals surface area contributed by atoms with Crippen LogP contribution >= 0.6 is 0 Å². The van der Waals surface area contributed by atoms with Crippen LogP contribution in [0.1, 0.15) is 171 Å². The Morgan fingerprint density at radius 2 is 1.13 bits per heavy atom. The molecule has 11 atom stereocenters. The van der Waals surface area contributed by atoms with Crippen LogP contribution in [0.15, 0.2) is 35.5 Å². The highest BCUT2D eigenvalue weighted by molar-refractivity contribution is 5.84. The summed E-state index contributed by atoms with van der Waals surface area (Å²) in [5.41, 5.74) is 2.19. The maximum atomic E-state index is 12.9. The van der Waals surface area contributed by atoms with E-state index in [1.807, 2.05) is 53.7 Å². The predicted molar refractivity (Wildman–Crippen MR) is 252 cm³/mol. The van der Waals surface area contributed by atoms with Gasteiger partial charge in [-0.1, -0.05) is 77.0 Å². The average molecular weight is 951 g/mol. The number of hydrogen-bond acceptors (Lipinski definition) is 11. The van der Waals surface area contributed by atoms with E-state index >= 15 is 0 Å². The van der Waals surface area contributed by atoms with Crippen LogP contribution in [0.3, 0.4) is 0 Å². The summed E-state index contributed by atoms with van der Waals surface area (Å²) in [6.45, 7) is 17.2. The number of esters is 2. The zero-order chi connectivity index (χ0) is 51.4. The van der Waals surface area contributed by atoms with Gasteiger partial charge in [0.2, 0.25) is 0 Å². The number of allylic oxidation sites excluding steroid dienone is 5. The van der Waals surface area contributed by atoms with E-state index in [-0.39, 0.29) is 35.4 Å². The molecule has 0 aliphatic carbocycles. The molecule has 6 N–H and O–H groups in total. The van der Waals surface area contributed by atoms with Crippen molar-refractivity contribution in [3.63, 3.8) is 0 Å². The number of aliphatic hydroxyl groups is 1. The van der Waals surface area contributed by atoms with Crippen LogP contribution in [0.25, 0.3) is 0 Å². The zero-order valence-electron chi connectivity index (χ0n) is 41.4. The van der Waals surface area contributed by atoms with Crippen LogP contribution in [0.4, 0.5) is 0 Å². The Morgan fingerprint density at radius 1 is 0.567 bits per heavy atom. The molecule has 0 bridgehead atoms. The van der Waals surface area contributed by atoms with Gasteiger partial charge in [-0.3, -0.25) is 38.4 Å². The van der Waals surface area contributed by atoms with Crippen molar-refractivity contribution < 1.29 is 78.5 Å². The van der Waals surface area contributed by atoms with Gasteiger partial charge in [0.15, 0.2) is 0 Å². The van der Waals surface area contributed by atoms with E-state index < -0.39 is 104 Å². The summed E-state index contributed by atoms with van der Waals surface area (Å²) in [5, 5.41) is 57.3. The van der Waals surface area contributed by atoms with E-state index in [4.69, 9.17) is 19.7 Å². The highest BCUT2D eigenvalue weighted by Gasteiger charge is 2.29. The Balaban J connectivity index is 5.36. The van der Waals surface area contributed by atoms with Crippen molar-refractivity contribution in [2.75, 3.05) is 0 Å². The summed E-state index contributed by atoms with van der Waals surface area (Å²) < 4.78 is 11.0. The summed E-state index contributed by atoms with van der Waals surface area (Å²) in [4.78, 5) is 94.2. The number of unbranched alkanes of at least 4 members (excludes halogenated alkanes) is 2. The number of carboxylic acid groups (broad SMARTS) is 5. The minimum absolute atomic E-state index is 0.0893. The van der Waals surface area contributed by atoms with Crippen LogP contribution in [0.2, 0.25) is 0 Å². The van der Waals surface area contributed by atoms with E-state index in [1.54, 1.807) is 13.8 Å². The molecule has 16 heteroatoms. The van der Waals surface area contributed by atoms with E-state index in [9.17, 15) is 58.8 Å². The number of rotatable bonds is 38. The van der Waals surface area contributed by atoms with E-state index in [0.717, 1.165) is 30.4 Å². The Kier molecular flexibility index (Phi) is 31.2. The first-order valence-corrected chi connectivity index (χ1v) is 24.0. The van der Waals surface area contributed by atoms with Crippen LogP contribution in [0, 0.1) is 47.3 Å². The van der Waals surface area contributed by atoms with Gasteiger partial charge in [0.05, 0.1) is 55.6 Å². The Bertz CT molecular complexity index is 1680. The number of hydrogen-bond donors (Lipinski definition) is 6. The number of carbonyl (C=O) groups is 8. The van der Waals surface area contributed by atoms with Crippen LogP contribution < -0.4 is 0 Å². The van der Waals surface area contributed by atoms with Gasteiger partial charge in [-0.05, 0) is 116 Å². The molecule has 0 aromatic heterocycles. The van der Waals surface area contributed by atoms with Gasteiger partial charge in [0, 0.05) is 18.3 Å². The third kappa shape index (κ3) is 29.5. The number of carbonyl (C=O) groups excluding carboxylic acids is 3. The summed E-state index contributed by atoms with van der Waals surface area (Å²) in [6.07, 6.45) is 11.4. The first-order chi connectivity index (χ1) is 31.2. The van der Waals surface area contributed by atoms with Gasteiger partial charge in [-0.15, -0.1) is 0 Å². The smallest absolute Gasteiger partial charge is 0.307 e. The lowest BCUT2D eigenvalue weighted by Crippen LogP contribution is -2.28. The maximum Gasteiger partial charge on any atom is 0.307 e. The molecule has 16 nitrogen and oxygen atoms in total. The third-order valence-electron chi connectivity index (χ3n) is 12.2. The van der Waals surface area contributed by atoms with Crippen molar-refractivity contribution in [1.29, 1.82) is 0 Å². The number of Topliss-reactive ketones (excluding diaryl/α,β-unsaturated/α-hetero) is 1. The number of ketones is 1. The van der Waals surface area contributed by atoms with E-state index in [1.165, 1.54) is 0 Å². The number of ether oxygens (including phenoxy) is 2. The van der Waals surface area contributed by atoms with Gasteiger partial charge >= 0.3 is 41.8 Å². The number of aliphatic hydroxyl groups excluding tert-OH is 1. The monoisotopic (exact) mass is 951 g/mol. The van der Waals surface area contributed by atoms with Crippen LogP contribution in [-0.2, 0) is 47.8 Å². The quantitative estimate of drug-likeness (QED) is 0.0191. The molecule has 11 unspecified atom stereocenters. The van der Waals surface area contributed by atoms with Crippen molar-refractivity contribution in [1.82, 2.24) is 0 Å².